The number of carbonyl (C=O) groups excluding carboxylic acids is 1. The number of anilines is 1. The molecule has 0 heterocycles. The van der Waals surface area contributed by atoms with E-state index in [1.54, 1.807) is 48.5 Å². The van der Waals surface area contributed by atoms with Crippen LogP contribution in [0.15, 0.2) is 48.5 Å². The van der Waals surface area contributed by atoms with Crippen molar-refractivity contribution in [2.75, 3.05) is 11.9 Å². The minimum Gasteiger partial charge on any atom is -0.462 e. The molecule has 2 rings (SSSR count). The van der Waals surface area contributed by atoms with Crippen LogP contribution < -0.4 is 15.8 Å². The molecule has 0 radical (unpaired) electrons. The Kier molecular flexibility index (Phi) is 7.73. The van der Waals surface area contributed by atoms with Crippen molar-refractivity contribution in [3.63, 3.8) is 0 Å². The maximum atomic E-state index is 10.8. The van der Waals surface area contributed by atoms with Gasteiger partial charge in [-0.05, 0) is 41.8 Å². The van der Waals surface area contributed by atoms with E-state index in [9.17, 15) is 25.2 Å². The van der Waals surface area contributed by atoms with Crippen LogP contribution in [0, 0.1) is 0 Å². The van der Waals surface area contributed by atoms with Crippen molar-refractivity contribution in [2.45, 2.75) is 31.0 Å². The molecular formula is C19H24N2O7. The summed E-state index contributed by atoms with van der Waals surface area (Å²) in [5.41, 5.74) is 7.33. The van der Waals surface area contributed by atoms with Gasteiger partial charge in [-0.25, -0.2) is 4.79 Å². The first-order valence-corrected chi connectivity index (χ1v) is 8.58. The van der Waals surface area contributed by atoms with E-state index in [4.69, 9.17) is 15.6 Å². The lowest BCUT2D eigenvalue weighted by atomic mass is 10.0. The van der Waals surface area contributed by atoms with Crippen LogP contribution in [0.25, 0.3) is 11.1 Å². The van der Waals surface area contributed by atoms with Gasteiger partial charge in [0.05, 0.1) is 6.10 Å². The number of rotatable bonds is 9. The number of carbonyl (C=O) groups is 1. The quantitative estimate of drug-likeness (QED) is 0.295. The molecule has 0 aromatic heterocycles. The van der Waals surface area contributed by atoms with Crippen molar-refractivity contribution < 1.29 is 35.1 Å². The Morgan fingerprint density at radius 2 is 1.46 bits per heavy atom. The van der Waals surface area contributed by atoms with Gasteiger partial charge in [0.1, 0.15) is 18.0 Å². The normalized spacial score (nSPS) is 15.3. The van der Waals surface area contributed by atoms with Crippen LogP contribution in [0.2, 0.25) is 0 Å². The molecule has 4 unspecified atom stereocenters. The zero-order chi connectivity index (χ0) is 20.7. The molecule has 9 nitrogen and oxygen atoms in total. The van der Waals surface area contributed by atoms with Gasteiger partial charge < -0.3 is 41.3 Å². The number of nitrogens with one attached hydrogen (secondary N) is 1. The van der Waals surface area contributed by atoms with Crippen molar-refractivity contribution in [3.05, 3.63) is 48.5 Å². The molecule has 0 aliphatic rings. The van der Waals surface area contributed by atoms with Gasteiger partial charge in [0.15, 0.2) is 0 Å². The second kappa shape index (κ2) is 10.0. The number of primary amides is 1. The van der Waals surface area contributed by atoms with E-state index in [0.717, 1.165) is 11.1 Å². The van der Waals surface area contributed by atoms with Crippen LogP contribution in [0.3, 0.4) is 0 Å². The number of aliphatic hydroxyl groups is 5. The summed E-state index contributed by atoms with van der Waals surface area (Å²) < 4.78 is 5.19. The zero-order valence-electron chi connectivity index (χ0n) is 15.0. The first kappa shape index (κ1) is 21.6. The van der Waals surface area contributed by atoms with E-state index < -0.39 is 30.6 Å². The molecule has 28 heavy (non-hydrogen) atoms. The molecule has 0 fully saturated rings. The third kappa shape index (κ3) is 5.91. The van der Waals surface area contributed by atoms with Crippen LogP contribution in [0.1, 0.15) is 6.42 Å². The Morgan fingerprint density at radius 1 is 0.929 bits per heavy atom. The van der Waals surface area contributed by atoms with Crippen LogP contribution in [-0.4, -0.2) is 62.8 Å². The lowest BCUT2D eigenvalue weighted by molar-refractivity contribution is -0.166. The van der Waals surface area contributed by atoms with Crippen molar-refractivity contribution in [1.29, 1.82) is 0 Å². The van der Waals surface area contributed by atoms with Crippen LogP contribution in [0.5, 0.6) is 5.75 Å². The number of benzene rings is 2. The fraction of sp³-hybridized carbons (Fsp3) is 0.316. The zero-order valence-corrected chi connectivity index (χ0v) is 15.0. The first-order chi connectivity index (χ1) is 13.3. The molecule has 4 atom stereocenters. The second-order valence-corrected chi connectivity index (χ2v) is 6.16. The van der Waals surface area contributed by atoms with Gasteiger partial charge in [-0.1, -0.05) is 24.3 Å². The fourth-order valence-electron chi connectivity index (χ4n) is 2.52. The van der Waals surface area contributed by atoms with Gasteiger partial charge in [0.2, 0.25) is 6.29 Å². The summed E-state index contributed by atoms with van der Waals surface area (Å²) in [6, 6.07) is 12.9. The number of urea groups is 1. The molecule has 2 amide bonds. The van der Waals surface area contributed by atoms with Crippen LogP contribution in [-0.2, 0) is 0 Å². The summed E-state index contributed by atoms with van der Waals surface area (Å²) in [5.74, 6) is 0.242. The highest BCUT2D eigenvalue weighted by Crippen LogP contribution is 2.24. The molecule has 0 spiro atoms. The number of ether oxygens (including phenoxy) is 1. The van der Waals surface area contributed by atoms with Gasteiger partial charge >= 0.3 is 6.03 Å². The lowest BCUT2D eigenvalue weighted by Gasteiger charge is -2.26. The van der Waals surface area contributed by atoms with Crippen molar-refractivity contribution >= 4 is 11.7 Å². The summed E-state index contributed by atoms with van der Waals surface area (Å²) in [7, 11) is 0. The summed E-state index contributed by atoms with van der Waals surface area (Å²) in [4.78, 5) is 10.8. The number of hydrogen-bond donors (Lipinski definition) is 7. The van der Waals surface area contributed by atoms with Gasteiger partial charge in [-0.3, -0.25) is 0 Å². The molecule has 2 aromatic carbocycles. The Labute approximate surface area is 161 Å². The first-order valence-electron chi connectivity index (χ1n) is 8.58. The van der Waals surface area contributed by atoms with E-state index in [1.165, 1.54) is 0 Å². The van der Waals surface area contributed by atoms with Gasteiger partial charge in [-0.15, -0.1) is 0 Å². The molecule has 0 aliphatic carbocycles. The Balaban J connectivity index is 1.99. The average Bonchev–Trinajstić information content (AvgIpc) is 2.67. The number of amides is 2. The standard InChI is InChI=1S/C19H24N2O7/c20-19(27)21-13-5-1-11(2-6-13)12-3-7-14(8-4-12)28-18(26)17(25)16(24)15(23)9-10-22/h1-8,15-18,22-26H,9-10H2,(H3,20,21,27). The van der Waals surface area contributed by atoms with Crippen molar-refractivity contribution in [3.8, 4) is 16.9 Å². The summed E-state index contributed by atoms with van der Waals surface area (Å²) in [6.07, 6.45) is -6.74. The van der Waals surface area contributed by atoms with Crippen molar-refractivity contribution in [1.82, 2.24) is 0 Å². The Bertz CT molecular complexity index is 752. The monoisotopic (exact) mass is 392 g/mol. The fourth-order valence-corrected chi connectivity index (χ4v) is 2.52. The predicted molar refractivity (Wildman–Crippen MR) is 101 cm³/mol. The highest BCUT2D eigenvalue weighted by Gasteiger charge is 2.31. The van der Waals surface area contributed by atoms with Crippen molar-refractivity contribution in [2.24, 2.45) is 5.73 Å². The predicted octanol–water partition coefficient (Wildman–Crippen LogP) is 0.00650. The highest BCUT2D eigenvalue weighted by molar-refractivity contribution is 5.88. The maximum Gasteiger partial charge on any atom is 0.316 e. The molecule has 9 heteroatoms. The van der Waals surface area contributed by atoms with E-state index in [0.29, 0.717) is 5.69 Å². The van der Waals surface area contributed by atoms with Crippen LogP contribution >= 0.6 is 0 Å². The van der Waals surface area contributed by atoms with Gasteiger partial charge in [0, 0.05) is 12.3 Å². The minimum absolute atomic E-state index is 0.145. The van der Waals surface area contributed by atoms with E-state index in [1.807, 2.05) is 0 Å². The number of aliphatic hydroxyl groups excluding tert-OH is 5. The molecular weight excluding hydrogens is 368 g/mol. The molecule has 2 aromatic rings. The molecule has 8 N–H and O–H groups in total. The highest BCUT2D eigenvalue weighted by atomic mass is 16.6. The third-order valence-corrected chi connectivity index (χ3v) is 4.06. The topological polar surface area (TPSA) is 166 Å². The second-order valence-electron chi connectivity index (χ2n) is 6.16. The van der Waals surface area contributed by atoms with E-state index in [-0.39, 0.29) is 18.8 Å². The molecule has 152 valence electrons. The molecule has 0 bridgehead atoms. The van der Waals surface area contributed by atoms with Gasteiger partial charge in [-0.2, -0.15) is 0 Å². The number of nitrogens with two attached hydrogens (primary N) is 1. The van der Waals surface area contributed by atoms with E-state index >= 15 is 0 Å². The largest absolute Gasteiger partial charge is 0.462 e. The smallest absolute Gasteiger partial charge is 0.316 e. The average molecular weight is 392 g/mol. The van der Waals surface area contributed by atoms with Gasteiger partial charge in [0.25, 0.3) is 0 Å². The SMILES string of the molecule is NC(=O)Nc1ccc(-c2ccc(OC(O)C(O)C(O)C(O)CCO)cc2)cc1. The molecule has 0 saturated carbocycles. The summed E-state index contributed by atoms with van der Waals surface area (Å²) >= 11 is 0. The molecule has 0 saturated heterocycles. The number of hydrogen-bond acceptors (Lipinski definition) is 7. The Hall–Kier alpha value is -2.69. The molecule has 0 aliphatic heterocycles. The lowest BCUT2D eigenvalue weighted by Crippen LogP contribution is -2.46. The maximum absolute atomic E-state index is 10.8. The minimum atomic E-state index is -1.77. The summed E-state index contributed by atoms with van der Waals surface area (Å²) in [5, 5.41) is 50.3. The summed E-state index contributed by atoms with van der Waals surface area (Å²) in [6.45, 7) is -0.372. The van der Waals surface area contributed by atoms with E-state index in [2.05, 4.69) is 5.32 Å². The Morgan fingerprint density at radius 3 is 1.96 bits per heavy atom. The van der Waals surface area contributed by atoms with Crippen LogP contribution in [0.4, 0.5) is 10.5 Å². The third-order valence-electron chi connectivity index (χ3n) is 4.06.